The topological polar surface area (TPSA) is 152 Å². The van der Waals surface area contributed by atoms with E-state index in [4.69, 9.17) is 15.0 Å². The number of nitriles is 1. The number of carboxylic acid groups (broad SMARTS) is 2. The molecule has 0 spiro atoms. The van der Waals surface area contributed by atoms with Crippen LogP contribution >= 0.6 is 0 Å². The van der Waals surface area contributed by atoms with E-state index in [0.29, 0.717) is 23.8 Å². The van der Waals surface area contributed by atoms with Gasteiger partial charge in [-0.3, -0.25) is 4.79 Å². The van der Waals surface area contributed by atoms with Crippen LogP contribution < -0.4 is 10.8 Å². The third-order valence-corrected chi connectivity index (χ3v) is 7.62. The predicted octanol–water partition coefficient (Wildman–Crippen LogP) is -0.671. The molecule has 1 aliphatic heterocycles. The first-order valence-corrected chi connectivity index (χ1v) is 9.83. The molecule has 6 rings (SSSR count). The lowest BCUT2D eigenvalue weighted by molar-refractivity contribution is -0.445. The maximum atomic E-state index is 13.2. The molecule has 6 atom stereocenters. The number of hydrogen-bond acceptors (Lipinski definition) is 5. The van der Waals surface area contributed by atoms with Crippen molar-refractivity contribution in [2.24, 2.45) is 23.2 Å². The Hall–Kier alpha value is -1.85. The minimum atomic E-state index is -2.08. The summed E-state index contributed by atoms with van der Waals surface area (Å²) in [4.78, 5) is 23.5. The zero-order valence-electron chi connectivity index (χ0n) is 15.3. The van der Waals surface area contributed by atoms with Gasteiger partial charge in [0.15, 0.2) is 6.04 Å². The molecule has 0 aromatic heterocycles. The van der Waals surface area contributed by atoms with Crippen LogP contribution in [-0.4, -0.2) is 50.9 Å². The molecular formula is C19H27N3O5. The number of likely N-dealkylation sites (tertiary alicyclic amines) is 1. The summed E-state index contributed by atoms with van der Waals surface area (Å²) in [6, 6.07) is 2.08. The van der Waals surface area contributed by atoms with Crippen LogP contribution in [-0.2, 0) is 4.79 Å². The van der Waals surface area contributed by atoms with Gasteiger partial charge in [-0.05, 0) is 69.1 Å². The van der Waals surface area contributed by atoms with E-state index in [-0.39, 0.29) is 23.4 Å². The Balaban J connectivity index is 0.000000413. The smallest absolute Gasteiger partial charge is 0.282 e. The summed E-state index contributed by atoms with van der Waals surface area (Å²) in [7, 11) is 0. The van der Waals surface area contributed by atoms with Crippen LogP contribution in [0, 0.1) is 34.5 Å². The lowest BCUT2D eigenvalue weighted by Crippen LogP contribution is -2.78. The van der Waals surface area contributed by atoms with Crippen molar-refractivity contribution in [3.05, 3.63) is 0 Å². The minimum absolute atomic E-state index is 0.0899. The predicted molar refractivity (Wildman–Crippen MR) is 89.5 cm³/mol. The van der Waals surface area contributed by atoms with Crippen molar-refractivity contribution in [2.75, 3.05) is 0 Å². The molecular weight excluding hydrogens is 350 g/mol. The number of piperidine rings is 1. The summed E-state index contributed by atoms with van der Waals surface area (Å²) >= 11 is 0. The monoisotopic (exact) mass is 377 g/mol. The van der Waals surface area contributed by atoms with Gasteiger partial charge in [0.1, 0.15) is 6.04 Å². The van der Waals surface area contributed by atoms with Gasteiger partial charge in [0.25, 0.3) is 5.91 Å². The van der Waals surface area contributed by atoms with Gasteiger partial charge >= 0.3 is 0 Å². The highest BCUT2D eigenvalue weighted by molar-refractivity contribution is 5.83. The first kappa shape index (κ1) is 18.5. The van der Waals surface area contributed by atoms with Crippen molar-refractivity contribution in [1.82, 2.24) is 4.90 Å². The fourth-order valence-electron chi connectivity index (χ4n) is 7.02. The molecule has 6 fully saturated rings. The first-order valence-electron chi connectivity index (χ1n) is 9.83. The van der Waals surface area contributed by atoms with Gasteiger partial charge < -0.3 is 30.7 Å². The molecule has 8 heteroatoms. The highest BCUT2D eigenvalue weighted by Gasteiger charge is 2.64. The third-order valence-electron chi connectivity index (χ3n) is 7.62. The van der Waals surface area contributed by atoms with Crippen molar-refractivity contribution in [3.63, 3.8) is 0 Å². The number of aliphatic hydroxyl groups is 1. The van der Waals surface area contributed by atoms with Crippen LogP contribution in [0.3, 0.4) is 0 Å². The van der Waals surface area contributed by atoms with Gasteiger partial charge in [-0.2, -0.15) is 5.26 Å². The number of quaternary nitrogens is 1. The standard InChI is InChI=1S/C18H25N3O2.CH2O3/c19-8-13-2-12-3-14(12)21(13)16(22)15(20)17-4-10-1-11(5-17)7-18(23,6-10)9-17;2-1(3)4/h10-15,23H,1-7,9,20H2;(H2,2,3,4)/t10?,11?,12-,13+,14+,15-,17?,18?;/m1./s1. The first-order chi connectivity index (χ1) is 12.7. The molecule has 5 saturated carbocycles. The second-order valence-corrected chi connectivity index (χ2v) is 9.56. The number of fused-ring (bicyclic) bond motifs is 1. The van der Waals surface area contributed by atoms with E-state index in [2.05, 4.69) is 11.8 Å². The number of hydrogen-bond donors (Lipinski definition) is 3. The van der Waals surface area contributed by atoms with Crippen molar-refractivity contribution < 1.29 is 30.6 Å². The van der Waals surface area contributed by atoms with Gasteiger partial charge in [0, 0.05) is 11.5 Å². The summed E-state index contributed by atoms with van der Waals surface area (Å²) in [5, 5.41) is 35.6. The number of amides is 1. The SMILES string of the molecule is N#C[C@@H]1C[C@@H]2C[C@@H]2N1C(=O)[C@@H]([NH3+])C12CC3CC(CC(O)(C3)C1)C2.O=C([O-])O. The van der Waals surface area contributed by atoms with Crippen molar-refractivity contribution >= 4 is 12.1 Å². The summed E-state index contributed by atoms with van der Waals surface area (Å²) in [6.45, 7) is 0. The Morgan fingerprint density at radius 1 is 1.19 bits per heavy atom. The average Bonchev–Trinajstić information content (AvgIpc) is 3.21. The highest BCUT2D eigenvalue weighted by Crippen LogP contribution is 2.62. The molecule has 1 heterocycles. The van der Waals surface area contributed by atoms with E-state index in [9.17, 15) is 15.2 Å². The minimum Gasteiger partial charge on any atom is -0.565 e. The molecule has 1 amide bonds. The van der Waals surface area contributed by atoms with E-state index in [1.165, 1.54) is 6.42 Å². The quantitative estimate of drug-likeness (QED) is 0.580. The van der Waals surface area contributed by atoms with E-state index >= 15 is 0 Å². The fourth-order valence-corrected chi connectivity index (χ4v) is 7.02. The molecule has 8 nitrogen and oxygen atoms in total. The molecule has 148 valence electrons. The third kappa shape index (κ3) is 3.07. The van der Waals surface area contributed by atoms with Crippen LogP contribution in [0.5, 0.6) is 0 Å². The second kappa shape index (κ2) is 6.08. The zero-order chi connectivity index (χ0) is 19.6. The lowest BCUT2D eigenvalue weighted by atomic mass is 9.46. The number of carbonyl (C=O) groups is 2. The number of rotatable bonds is 2. The molecule has 5 N–H and O–H groups in total. The van der Waals surface area contributed by atoms with Gasteiger partial charge in [-0.25, -0.2) is 0 Å². The van der Waals surface area contributed by atoms with E-state index in [1.807, 2.05) is 4.90 Å². The van der Waals surface area contributed by atoms with Crippen molar-refractivity contribution in [2.45, 2.75) is 75.1 Å². The average molecular weight is 377 g/mol. The molecule has 5 aliphatic carbocycles. The van der Waals surface area contributed by atoms with Crippen molar-refractivity contribution in [3.8, 4) is 6.07 Å². The maximum absolute atomic E-state index is 13.2. The largest absolute Gasteiger partial charge is 0.565 e. The molecule has 2 unspecified atom stereocenters. The zero-order valence-corrected chi connectivity index (χ0v) is 15.3. The normalized spacial score (nSPS) is 46.7. The van der Waals surface area contributed by atoms with Crippen LogP contribution in [0.1, 0.15) is 51.4 Å². The summed E-state index contributed by atoms with van der Waals surface area (Å²) in [5.41, 5.74) is 3.64. The van der Waals surface area contributed by atoms with E-state index in [0.717, 1.165) is 44.9 Å². The Labute approximate surface area is 157 Å². The maximum Gasteiger partial charge on any atom is 0.282 e. The number of nitrogens with zero attached hydrogens (tertiary/aromatic N) is 2. The molecule has 0 radical (unpaired) electrons. The van der Waals surface area contributed by atoms with E-state index in [1.54, 1.807) is 0 Å². The molecule has 6 aliphatic rings. The molecule has 27 heavy (non-hydrogen) atoms. The van der Waals surface area contributed by atoms with Crippen LogP contribution in [0.25, 0.3) is 0 Å². The highest BCUT2D eigenvalue weighted by atomic mass is 16.6. The number of carbonyl (C=O) groups excluding carboxylic acids is 1. The van der Waals surface area contributed by atoms with Crippen LogP contribution in [0.4, 0.5) is 4.79 Å². The Bertz CT molecular complexity index is 686. The summed E-state index contributed by atoms with van der Waals surface area (Å²) in [5.74, 6) is 1.78. The molecule has 0 aromatic rings. The fraction of sp³-hybridized carbons (Fsp3) is 0.842. The van der Waals surface area contributed by atoms with Crippen LogP contribution in [0.15, 0.2) is 0 Å². The Kier molecular flexibility index (Phi) is 4.17. The van der Waals surface area contributed by atoms with Gasteiger partial charge in [-0.15, -0.1) is 0 Å². The molecule has 1 saturated heterocycles. The van der Waals surface area contributed by atoms with Gasteiger partial charge in [0.2, 0.25) is 6.16 Å². The summed E-state index contributed by atoms with van der Waals surface area (Å²) in [6.07, 6.45) is 5.73. The van der Waals surface area contributed by atoms with Gasteiger partial charge in [-0.1, -0.05) is 0 Å². The Morgan fingerprint density at radius 2 is 1.78 bits per heavy atom. The Morgan fingerprint density at radius 3 is 2.30 bits per heavy atom. The molecule has 4 bridgehead atoms. The lowest BCUT2D eigenvalue weighted by Gasteiger charge is -2.60. The second-order valence-electron chi connectivity index (χ2n) is 9.56. The van der Waals surface area contributed by atoms with Gasteiger partial charge in [0.05, 0.1) is 11.7 Å². The molecule has 0 aromatic carbocycles. The summed E-state index contributed by atoms with van der Waals surface area (Å²) < 4.78 is 0. The van der Waals surface area contributed by atoms with E-state index < -0.39 is 11.8 Å². The van der Waals surface area contributed by atoms with Crippen LogP contribution in [0.2, 0.25) is 0 Å². The van der Waals surface area contributed by atoms with Crippen molar-refractivity contribution in [1.29, 1.82) is 5.26 Å².